The summed E-state index contributed by atoms with van der Waals surface area (Å²) in [5.41, 5.74) is 1.29. The highest BCUT2D eigenvalue weighted by atomic mass is 16.5. The number of aromatic hydroxyl groups is 1. The number of carbonyl (C=O) groups excluding carboxylic acids is 1. The van der Waals surface area contributed by atoms with Crippen LogP contribution in [0.5, 0.6) is 11.5 Å². The quantitative estimate of drug-likeness (QED) is 0.892. The van der Waals surface area contributed by atoms with E-state index in [1.165, 1.54) is 7.11 Å². The number of phenolic OH excluding ortho intramolecular Hbond substituents is 1. The molecule has 1 fully saturated rings. The molecule has 1 heterocycles. The lowest BCUT2D eigenvalue weighted by Gasteiger charge is -2.58. The van der Waals surface area contributed by atoms with Gasteiger partial charge in [0, 0.05) is 36.5 Å². The number of hydrogen-bond donors (Lipinski definition) is 1. The Morgan fingerprint density at radius 1 is 1.23 bits per heavy atom. The fraction of sp³-hybridized carbons (Fsp3) is 0.550. The minimum atomic E-state index is -0.459. The smallest absolute Gasteiger partial charge is 0.197 e. The molecule has 4 atom stereocenters. The number of hydrogen-bond acceptors (Lipinski definition) is 6. The van der Waals surface area contributed by atoms with Crippen molar-refractivity contribution >= 4 is 5.78 Å². The number of methoxy groups -OCH3 is 3. The molecule has 6 nitrogen and oxygen atoms in total. The van der Waals surface area contributed by atoms with Gasteiger partial charge in [0.05, 0.1) is 20.3 Å². The number of ketones is 1. The SMILES string of the molecule is COC1=CC2C3C(OC)c4ccc(OC)c(O)c4C2(CCN3C)CC1=O. The van der Waals surface area contributed by atoms with Gasteiger partial charge in [-0.1, -0.05) is 6.07 Å². The van der Waals surface area contributed by atoms with Crippen LogP contribution in [0.15, 0.2) is 24.0 Å². The number of fused-ring (bicyclic) bond motifs is 1. The highest BCUT2D eigenvalue weighted by Crippen LogP contribution is 2.60. The summed E-state index contributed by atoms with van der Waals surface area (Å²) in [7, 11) is 6.86. The first kappa shape index (κ1) is 17.4. The van der Waals surface area contributed by atoms with Crippen molar-refractivity contribution in [2.75, 3.05) is 34.9 Å². The van der Waals surface area contributed by atoms with Crippen LogP contribution in [-0.4, -0.2) is 56.8 Å². The normalized spacial score (nSPS) is 33.2. The largest absolute Gasteiger partial charge is 0.504 e. The van der Waals surface area contributed by atoms with Gasteiger partial charge in [-0.05, 0) is 37.7 Å². The number of benzene rings is 1. The predicted octanol–water partition coefficient (Wildman–Crippen LogP) is 2.16. The average molecular weight is 359 g/mol. The third-order valence-electron chi connectivity index (χ3n) is 6.49. The van der Waals surface area contributed by atoms with E-state index in [1.807, 2.05) is 12.1 Å². The molecule has 1 aliphatic heterocycles. The van der Waals surface area contributed by atoms with E-state index >= 15 is 0 Å². The van der Waals surface area contributed by atoms with Gasteiger partial charge in [0.1, 0.15) is 0 Å². The summed E-state index contributed by atoms with van der Waals surface area (Å²) in [6.07, 6.45) is 2.85. The zero-order chi connectivity index (χ0) is 18.6. The maximum Gasteiger partial charge on any atom is 0.197 e. The lowest BCUT2D eigenvalue weighted by Crippen LogP contribution is -2.62. The topological polar surface area (TPSA) is 68.2 Å². The second kappa shape index (κ2) is 5.99. The molecule has 140 valence electrons. The Labute approximate surface area is 153 Å². The van der Waals surface area contributed by atoms with Crippen molar-refractivity contribution in [3.05, 3.63) is 35.1 Å². The summed E-state index contributed by atoms with van der Waals surface area (Å²) >= 11 is 0. The molecule has 26 heavy (non-hydrogen) atoms. The van der Waals surface area contributed by atoms with Crippen LogP contribution in [0.2, 0.25) is 0 Å². The molecule has 1 aromatic carbocycles. The monoisotopic (exact) mass is 359 g/mol. The fourth-order valence-electron chi connectivity index (χ4n) is 5.33. The minimum absolute atomic E-state index is 0.0175. The summed E-state index contributed by atoms with van der Waals surface area (Å²) in [5, 5.41) is 11.0. The van der Waals surface area contributed by atoms with Gasteiger partial charge in [-0.15, -0.1) is 0 Å². The Hall–Kier alpha value is -2.05. The fourth-order valence-corrected chi connectivity index (χ4v) is 5.33. The molecule has 0 amide bonds. The van der Waals surface area contributed by atoms with E-state index in [2.05, 4.69) is 11.9 Å². The van der Waals surface area contributed by atoms with Gasteiger partial charge in [0.25, 0.3) is 0 Å². The molecule has 1 N–H and O–H groups in total. The van der Waals surface area contributed by atoms with Crippen molar-refractivity contribution in [1.29, 1.82) is 0 Å². The molecule has 6 heteroatoms. The van der Waals surface area contributed by atoms with E-state index in [1.54, 1.807) is 20.3 Å². The lowest BCUT2D eigenvalue weighted by atomic mass is 9.52. The number of carbonyl (C=O) groups is 1. The number of allylic oxidation sites excluding steroid dienone is 1. The van der Waals surface area contributed by atoms with E-state index in [9.17, 15) is 9.90 Å². The van der Waals surface area contributed by atoms with E-state index in [-0.39, 0.29) is 29.6 Å². The number of Topliss-reactive ketones (excluding diaryl/α,β-unsaturated/α-hetero) is 1. The third kappa shape index (κ3) is 2.09. The van der Waals surface area contributed by atoms with E-state index in [0.29, 0.717) is 17.9 Å². The van der Waals surface area contributed by atoms with E-state index in [4.69, 9.17) is 14.2 Å². The van der Waals surface area contributed by atoms with Crippen LogP contribution in [0.25, 0.3) is 0 Å². The van der Waals surface area contributed by atoms with Gasteiger partial charge in [-0.2, -0.15) is 0 Å². The first-order valence-corrected chi connectivity index (χ1v) is 8.91. The third-order valence-corrected chi connectivity index (χ3v) is 6.49. The molecular weight excluding hydrogens is 334 g/mol. The predicted molar refractivity (Wildman–Crippen MR) is 95.3 cm³/mol. The molecule has 1 aromatic rings. The molecule has 0 radical (unpaired) electrons. The Bertz CT molecular complexity index is 789. The number of phenols is 1. The Morgan fingerprint density at radius 2 is 2.00 bits per heavy atom. The van der Waals surface area contributed by atoms with Crippen LogP contribution in [0.4, 0.5) is 0 Å². The second-order valence-corrected chi connectivity index (χ2v) is 7.48. The second-order valence-electron chi connectivity index (χ2n) is 7.48. The van der Waals surface area contributed by atoms with Crippen LogP contribution >= 0.6 is 0 Å². The summed E-state index contributed by atoms with van der Waals surface area (Å²) < 4.78 is 16.6. The molecule has 1 saturated heterocycles. The number of piperidine rings is 1. The van der Waals surface area contributed by atoms with Crippen LogP contribution in [-0.2, 0) is 19.7 Å². The molecule has 0 saturated carbocycles. The lowest BCUT2D eigenvalue weighted by molar-refractivity contribution is -0.125. The zero-order valence-corrected chi connectivity index (χ0v) is 15.6. The highest BCUT2D eigenvalue weighted by Gasteiger charge is 2.59. The molecule has 2 aliphatic carbocycles. The van der Waals surface area contributed by atoms with E-state index in [0.717, 1.165) is 24.1 Å². The number of likely N-dealkylation sites (N-methyl/N-ethyl adjacent to an activating group) is 1. The molecule has 4 unspecified atom stereocenters. The van der Waals surface area contributed by atoms with Crippen molar-refractivity contribution in [3.8, 4) is 11.5 Å². The molecule has 2 bridgehead atoms. The summed E-state index contributed by atoms with van der Waals surface area (Å²) in [6.45, 7) is 0.834. The van der Waals surface area contributed by atoms with Gasteiger partial charge in [0.2, 0.25) is 0 Å². The van der Waals surface area contributed by atoms with Gasteiger partial charge >= 0.3 is 0 Å². The summed E-state index contributed by atoms with van der Waals surface area (Å²) in [6, 6.07) is 3.81. The van der Waals surface area contributed by atoms with Gasteiger partial charge in [0.15, 0.2) is 23.0 Å². The van der Waals surface area contributed by atoms with Crippen molar-refractivity contribution < 1.29 is 24.1 Å². The summed E-state index contributed by atoms with van der Waals surface area (Å²) in [5.74, 6) is 0.965. The maximum atomic E-state index is 12.7. The maximum absolute atomic E-state index is 12.7. The molecule has 0 spiro atoms. The highest BCUT2D eigenvalue weighted by molar-refractivity contribution is 5.96. The number of nitrogens with zero attached hydrogens (tertiary/aromatic N) is 1. The van der Waals surface area contributed by atoms with Crippen LogP contribution < -0.4 is 4.74 Å². The average Bonchev–Trinajstić information content (AvgIpc) is 2.63. The van der Waals surface area contributed by atoms with Gasteiger partial charge < -0.3 is 19.3 Å². The number of rotatable bonds is 3. The van der Waals surface area contributed by atoms with Crippen molar-refractivity contribution in [3.63, 3.8) is 0 Å². The van der Waals surface area contributed by atoms with Crippen molar-refractivity contribution in [2.24, 2.45) is 5.92 Å². The Morgan fingerprint density at radius 3 is 2.65 bits per heavy atom. The Balaban J connectivity index is 2.03. The minimum Gasteiger partial charge on any atom is -0.504 e. The standard InChI is InChI=1S/C20H25NO5/c1-21-8-7-20-10-13(22)15(25-3)9-12(20)17(21)19(26-4)11-5-6-14(24-2)18(23)16(11)20/h5-6,9,12,17,19,23H,7-8,10H2,1-4H3. The molecule has 3 aliphatic rings. The van der Waals surface area contributed by atoms with Crippen LogP contribution in [0, 0.1) is 5.92 Å². The molecular formula is C20H25NO5. The van der Waals surface area contributed by atoms with E-state index < -0.39 is 5.41 Å². The van der Waals surface area contributed by atoms with Crippen molar-refractivity contribution in [1.82, 2.24) is 4.90 Å². The summed E-state index contributed by atoms with van der Waals surface area (Å²) in [4.78, 5) is 15.0. The van der Waals surface area contributed by atoms with Crippen LogP contribution in [0.1, 0.15) is 30.1 Å². The molecule has 4 rings (SSSR count). The number of ether oxygens (including phenoxy) is 3. The Kier molecular flexibility index (Phi) is 4.00. The molecule has 0 aromatic heterocycles. The van der Waals surface area contributed by atoms with Gasteiger partial charge in [-0.25, -0.2) is 0 Å². The van der Waals surface area contributed by atoms with Crippen molar-refractivity contribution in [2.45, 2.75) is 30.4 Å². The zero-order valence-electron chi connectivity index (χ0n) is 15.6. The number of likely N-dealkylation sites (tertiary alicyclic amines) is 1. The first-order chi connectivity index (χ1) is 12.5. The van der Waals surface area contributed by atoms with Crippen LogP contribution in [0.3, 0.4) is 0 Å². The first-order valence-electron chi connectivity index (χ1n) is 8.91. The van der Waals surface area contributed by atoms with Gasteiger partial charge in [-0.3, -0.25) is 9.69 Å².